The Kier molecular flexibility index (Phi) is 5.74. The number of nitrogens with one attached hydrogen (secondary N) is 1. The number of hydrogen-bond donors (Lipinski definition) is 1. The van der Waals surface area contributed by atoms with Crippen LogP contribution in [0.25, 0.3) is 0 Å². The van der Waals surface area contributed by atoms with E-state index < -0.39 is 0 Å². The van der Waals surface area contributed by atoms with Crippen molar-refractivity contribution in [1.29, 1.82) is 0 Å². The van der Waals surface area contributed by atoms with E-state index in [0.29, 0.717) is 12.2 Å². The van der Waals surface area contributed by atoms with Gasteiger partial charge in [0.2, 0.25) is 0 Å². The number of carbonyl (C=O) groups is 1. The fourth-order valence-corrected chi connectivity index (χ4v) is 3.17. The molecule has 3 aromatic carbocycles. The summed E-state index contributed by atoms with van der Waals surface area (Å²) in [5.74, 6) is 0.648. The van der Waals surface area contributed by atoms with Gasteiger partial charge in [-0.15, -0.1) is 0 Å². The van der Waals surface area contributed by atoms with Crippen LogP contribution in [0.15, 0.2) is 71.2 Å². The van der Waals surface area contributed by atoms with Crippen molar-refractivity contribution in [1.82, 2.24) is 0 Å². The molecule has 0 saturated heterocycles. The Morgan fingerprint density at radius 2 is 1.69 bits per heavy atom. The highest BCUT2D eigenvalue weighted by Gasteiger charge is 2.08. The summed E-state index contributed by atoms with van der Waals surface area (Å²) in [7, 11) is 0. The zero-order valence-electron chi connectivity index (χ0n) is 14.8. The first-order chi connectivity index (χ1) is 12.5. The second kappa shape index (κ2) is 8.19. The van der Waals surface area contributed by atoms with E-state index in [2.05, 4.69) is 27.3 Å². The first-order valence-electron chi connectivity index (χ1n) is 8.37. The summed E-state index contributed by atoms with van der Waals surface area (Å²) in [5, 5.41) is 2.96. The zero-order chi connectivity index (χ0) is 18.5. The average molecular weight is 410 g/mol. The molecule has 0 unspecified atom stereocenters. The molecule has 0 fully saturated rings. The average Bonchev–Trinajstić information content (AvgIpc) is 2.60. The highest BCUT2D eigenvalue weighted by molar-refractivity contribution is 9.10. The minimum atomic E-state index is -0.127. The number of amides is 1. The fourth-order valence-electron chi connectivity index (χ4n) is 2.78. The van der Waals surface area contributed by atoms with Gasteiger partial charge in [-0.2, -0.15) is 0 Å². The van der Waals surface area contributed by atoms with Crippen LogP contribution in [-0.2, 0) is 6.61 Å². The Balaban J connectivity index is 1.70. The molecule has 132 valence electrons. The minimum Gasteiger partial charge on any atom is -0.488 e. The first kappa shape index (κ1) is 18.2. The number of ether oxygens (including phenoxy) is 1. The standard InChI is InChI=1S/C22H20BrNO2/c1-15-10-16(2)12-19(11-15)24-22(25)18-7-5-6-17(13-18)14-26-21-9-4-3-8-20(21)23/h3-13H,14H2,1-2H3,(H,24,25). The smallest absolute Gasteiger partial charge is 0.255 e. The van der Waals surface area contributed by atoms with Gasteiger partial charge in [-0.1, -0.05) is 30.3 Å². The van der Waals surface area contributed by atoms with Gasteiger partial charge < -0.3 is 10.1 Å². The lowest BCUT2D eigenvalue weighted by atomic mass is 10.1. The van der Waals surface area contributed by atoms with Crippen LogP contribution in [0.1, 0.15) is 27.0 Å². The van der Waals surface area contributed by atoms with Crippen molar-refractivity contribution in [2.24, 2.45) is 0 Å². The van der Waals surface area contributed by atoms with Crippen LogP contribution in [-0.4, -0.2) is 5.91 Å². The maximum absolute atomic E-state index is 12.6. The monoisotopic (exact) mass is 409 g/mol. The predicted molar refractivity (Wildman–Crippen MR) is 109 cm³/mol. The van der Waals surface area contributed by atoms with Crippen LogP contribution in [0, 0.1) is 13.8 Å². The van der Waals surface area contributed by atoms with Crippen molar-refractivity contribution < 1.29 is 9.53 Å². The second-order valence-electron chi connectivity index (χ2n) is 6.25. The molecule has 0 aliphatic rings. The molecule has 0 spiro atoms. The van der Waals surface area contributed by atoms with E-state index in [1.165, 1.54) is 0 Å². The van der Waals surface area contributed by atoms with Crippen LogP contribution >= 0.6 is 15.9 Å². The van der Waals surface area contributed by atoms with E-state index in [-0.39, 0.29) is 5.91 Å². The van der Waals surface area contributed by atoms with E-state index in [1.54, 1.807) is 6.07 Å². The number of aryl methyl sites for hydroxylation is 2. The van der Waals surface area contributed by atoms with Crippen LogP contribution < -0.4 is 10.1 Å². The van der Waals surface area contributed by atoms with Gasteiger partial charge in [0.15, 0.2) is 0 Å². The molecule has 0 aliphatic heterocycles. The zero-order valence-corrected chi connectivity index (χ0v) is 16.3. The number of carbonyl (C=O) groups excluding carboxylic acids is 1. The van der Waals surface area contributed by atoms with Gasteiger partial charge in [0.1, 0.15) is 12.4 Å². The third kappa shape index (κ3) is 4.73. The number of para-hydroxylation sites is 1. The van der Waals surface area contributed by atoms with Crippen molar-refractivity contribution in [3.8, 4) is 5.75 Å². The van der Waals surface area contributed by atoms with Crippen LogP contribution in [0.4, 0.5) is 5.69 Å². The molecule has 1 amide bonds. The van der Waals surface area contributed by atoms with E-state index in [0.717, 1.165) is 32.6 Å². The summed E-state index contributed by atoms with van der Waals surface area (Å²) in [4.78, 5) is 12.6. The predicted octanol–water partition coefficient (Wildman–Crippen LogP) is 5.90. The summed E-state index contributed by atoms with van der Waals surface area (Å²) >= 11 is 3.47. The van der Waals surface area contributed by atoms with Gasteiger partial charge in [-0.3, -0.25) is 4.79 Å². The van der Waals surface area contributed by atoms with Crippen molar-refractivity contribution >= 4 is 27.5 Å². The fraction of sp³-hybridized carbons (Fsp3) is 0.136. The maximum Gasteiger partial charge on any atom is 0.255 e. The molecule has 4 heteroatoms. The lowest BCUT2D eigenvalue weighted by Gasteiger charge is -2.10. The molecule has 1 N–H and O–H groups in total. The van der Waals surface area contributed by atoms with Gasteiger partial charge in [-0.25, -0.2) is 0 Å². The number of anilines is 1. The van der Waals surface area contributed by atoms with Crippen LogP contribution in [0.3, 0.4) is 0 Å². The highest BCUT2D eigenvalue weighted by atomic mass is 79.9. The quantitative estimate of drug-likeness (QED) is 0.569. The number of benzene rings is 3. The summed E-state index contributed by atoms with van der Waals surface area (Å²) in [6, 6.07) is 21.2. The van der Waals surface area contributed by atoms with Gasteiger partial charge in [0.25, 0.3) is 5.91 Å². The summed E-state index contributed by atoms with van der Waals surface area (Å²) < 4.78 is 6.73. The normalized spacial score (nSPS) is 10.4. The van der Waals surface area contributed by atoms with Crippen molar-refractivity contribution in [2.75, 3.05) is 5.32 Å². The molecule has 0 heterocycles. The molecule has 0 aromatic heterocycles. The molecule has 3 aromatic rings. The molecule has 0 atom stereocenters. The Morgan fingerprint density at radius 3 is 2.42 bits per heavy atom. The molecular formula is C22H20BrNO2. The van der Waals surface area contributed by atoms with Gasteiger partial charge >= 0.3 is 0 Å². The Morgan fingerprint density at radius 1 is 0.962 bits per heavy atom. The largest absolute Gasteiger partial charge is 0.488 e. The minimum absolute atomic E-state index is 0.127. The molecule has 3 nitrogen and oxygen atoms in total. The number of halogens is 1. The van der Waals surface area contributed by atoms with E-state index in [4.69, 9.17) is 4.74 Å². The molecular weight excluding hydrogens is 390 g/mol. The third-order valence-corrected chi connectivity index (χ3v) is 4.55. The summed E-state index contributed by atoms with van der Waals surface area (Å²) in [6.45, 7) is 4.43. The van der Waals surface area contributed by atoms with Gasteiger partial charge in [0, 0.05) is 11.3 Å². The molecule has 3 rings (SSSR count). The van der Waals surface area contributed by atoms with Gasteiger partial charge in [0.05, 0.1) is 4.47 Å². The second-order valence-corrected chi connectivity index (χ2v) is 7.10. The Bertz CT molecular complexity index is 917. The molecule has 0 radical (unpaired) electrons. The van der Waals surface area contributed by atoms with E-state index in [9.17, 15) is 4.79 Å². The maximum atomic E-state index is 12.6. The van der Waals surface area contributed by atoms with E-state index >= 15 is 0 Å². The summed E-state index contributed by atoms with van der Waals surface area (Å²) in [5.41, 5.74) is 4.60. The molecule has 0 saturated carbocycles. The van der Waals surface area contributed by atoms with Crippen molar-refractivity contribution in [3.63, 3.8) is 0 Å². The highest BCUT2D eigenvalue weighted by Crippen LogP contribution is 2.25. The topological polar surface area (TPSA) is 38.3 Å². The Hall–Kier alpha value is -2.59. The molecule has 0 bridgehead atoms. The first-order valence-corrected chi connectivity index (χ1v) is 9.16. The Labute approximate surface area is 162 Å². The van der Waals surface area contributed by atoms with Crippen molar-refractivity contribution in [3.05, 3.63) is 93.5 Å². The number of hydrogen-bond acceptors (Lipinski definition) is 2. The summed E-state index contributed by atoms with van der Waals surface area (Å²) in [6.07, 6.45) is 0. The van der Waals surface area contributed by atoms with Crippen LogP contribution in [0.5, 0.6) is 5.75 Å². The number of rotatable bonds is 5. The van der Waals surface area contributed by atoms with E-state index in [1.807, 2.05) is 68.4 Å². The third-order valence-electron chi connectivity index (χ3n) is 3.90. The lowest BCUT2D eigenvalue weighted by Crippen LogP contribution is -2.12. The van der Waals surface area contributed by atoms with Crippen LogP contribution in [0.2, 0.25) is 0 Å². The van der Waals surface area contributed by atoms with Gasteiger partial charge in [-0.05, 0) is 82.9 Å². The SMILES string of the molecule is Cc1cc(C)cc(NC(=O)c2cccc(COc3ccccc3Br)c2)c1. The molecule has 0 aliphatic carbocycles. The van der Waals surface area contributed by atoms with Crippen molar-refractivity contribution in [2.45, 2.75) is 20.5 Å². The molecule has 26 heavy (non-hydrogen) atoms. The lowest BCUT2D eigenvalue weighted by molar-refractivity contribution is 0.102.